The molecule has 6 heteroatoms. The van der Waals surface area contributed by atoms with Crippen molar-refractivity contribution in [1.29, 1.82) is 0 Å². The first-order valence-corrected chi connectivity index (χ1v) is 7.41. The number of rotatable bonds is 11. The second kappa shape index (κ2) is 10.8. The number of carbonyl (C=O) groups is 3. The van der Waals surface area contributed by atoms with Crippen LogP contribution in [0.3, 0.4) is 0 Å². The molecule has 0 aliphatic rings. The van der Waals surface area contributed by atoms with E-state index in [-0.39, 0.29) is 19.8 Å². The number of carbonyl (C=O) groups excluding carboxylic acids is 3. The first-order chi connectivity index (χ1) is 10.3. The zero-order valence-corrected chi connectivity index (χ0v) is 13.7. The molecule has 0 heterocycles. The van der Waals surface area contributed by atoms with E-state index in [1.807, 2.05) is 0 Å². The van der Waals surface area contributed by atoms with Crippen molar-refractivity contribution in [3.05, 3.63) is 12.7 Å². The first kappa shape index (κ1) is 20.1. The fourth-order valence-electron chi connectivity index (χ4n) is 1.88. The van der Waals surface area contributed by atoms with Crippen LogP contribution >= 0.6 is 0 Å². The van der Waals surface area contributed by atoms with Gasteiger partial charge in [-0.3, -0.25) is 9.59 Å². The van der Waals surface area contributed by atoms with Crippen molar-refractivity contribution in [2.45, 2.75) is 46.5 Å². The molecule has 0 N–H and O–H groups in total. The molecule has 0 unspecified atom stereocenters. The quantitative estimate of drug-likeness (QED) is 0.252. The summed E-state index contributed by atoms with van der Waals surface area (Å²) in [5.74, 6) is -1.43. The zero-order valence-electron chi connectivity index (χ0n) is 13.7. The molecule has 0 saturated carbocycles. The van der Waals surface area contributed by atoms with E-state index in [4.69, 9.17) is 14.2 Å². The lowest BCUT2D eigenvalue weighted by Crippen LogP contribution is -2.39. The molecule has 0 spiro atoms. The van der Waals surface area contributed by atoms with E-state index in [9.17, 15) is 14.4 Å². The molecule has 22 heavy (non-hydrogen) atoms. The van der Waals surface area contributed by atoms with Gasteiger partial charge in [0.1, 0.15) is 19.8 Å². The molecule has 0 fully saturated rings. The molecule has 0 aromatic heterocycles. The molecular weight excluding hydrogens is 288 g/mol. The van der Waals surface area contributed by atoms with Crippen molar-refractivity contribution in [1.82, 2.24) is 0 Å². The van der Waals surface area contributed by atoms with Crippen LogP contribution in [0, 0.1) is 5.41 Å². The van der Waals surface area contributed by atoms with Gasteiger partial charge in [0.2, 0.25) is 0 Å². The molecule has 6 nitrogen and oxygen atoms in total. The van der Waals surface area contributed by atoms with Crippen molar-refractivity contribution >= 4 is 17.9 Å². The topological polar surface area (TPSA) is 78.9 Å². The first-order valence-electron chi connectivity index (χ1n) is 7.41. The standard InChI is InChI=1S/C16H26O6/c1-5-7-8-9-16(10-20-13(3)17,11-21-14(4)18)12-22-15(19)6-2/h6H,2,5,7-12H2,1,3-4H3. The van der Waals surface area contributed by atoms with Gasteiger partial charge in [0, 0.05) is 19.9 Å². The zero-order chi connectivity index (χ0) is 17.0. The fourth-order valence-corrected chi connectivity index (χ4v) is 1.88. The van der Waals surface area contributed by atoms with Gasteiger partial charge in [-0.05, 0) is 6.42 Å². The van der Waals surface area contributed by atoms with E-state index in [2.05, 4.69) is 13.5 Å². The van der Waals surface area contributed by atoms with Crippen molar-refractivity contribution < 1.29 is 28.6 Å². The number of hydrogen-bond acceptors (Lipinski definition) is 6. The minimum Gasteiger partial charge on any atom is -0.465 e. The highest BCUT2D eigenvalue weighted by atomic mass is 16.6. The van der Waals surface area contributed by atoms with Gasteiger partial charge >= 0.3 is 17.9 Å². The van der Waals surface area contributed by atoms with Crippen molar-refractivity contribution in [3.63, 3.8) is 0 Å². The van der Waals surface area contributed by atoms with E-state index >= 15 is 0 Å². The lowest BCUT2D eigenvalue weighted by molar-refractivity contribution is -0.158. The van der Waals surface area contributed by atoms with Gasteiger partial charge < -0.3 is 14.2 Å². The predicted molar refractivity (Wildman–Crippen MR) is 81.0 cm³/mol. The summed E-state index contributed by atoms with van der Waals surface area (Å²) in [5, 5.41) is 0. The number of hydrogen-bond donors (Lipinski definition) is 0. The van der Waals surface area contributed by atoms with Crippen molar-refractivity contribution in [2.75, 3.05) is 19.8 Å². The van der Waals surface area contributed by atoms with Crippen LogP contribution in [0.5, 0.6) is 0 Å². The van der Waals surface area contributed by atoms with Gasteiger partial charge in [0.25, 0.3) is 0 Å². The summed E-state index contributed by atoms with van der Waals surface area (Å²) in [6, 6.07) is 0. The van der Waals surface area contributed by atoms with Crippen molar-refractivity contribution in [2.24, 2.45) is 5.41 Å². The summed E-state index contributed by atoms with van der Waals surface area (Å²) >= 11 is 0. The second-order valence-electron chi connectivity index (χ2n) is 5.33. The smallest absolute Gasteiger partial charge is 0.330 e. The molecule has 0 aliphatic heterocycles. The molecule has 0 amide bonds. The molecule has 0 atom stereocenters. The maximum Gasteiger partial charge on any atom is 0.330 e. The van der Waals surface area contributed by atoms with Gasteiger partial charge in [0.15, 0.2) is 0 Å². The Kier molecular flexibility index (Phi) is 9.91. The Bertz CT molecular complexity index is 370. The van der Waals surface area contributed by atoms with Crippen LogP contribution in [0.4, 0.5) is 0 Å². The predicted octanol–water partition coefficient (Wildman–Crippen LogP) is 2.41. The highest BCUT2D eigenvalue weighted by molar-refractivity contribution is 5.81. The highest BCUT2D eigenvalue weighted by Crippen LogP contribution is 2.27. The molecule has 0 aromatic rings. The van der Waals surface area contributed by atoms with E-state index in [1.165, 1.54) is 13.8 Å². The van der Waals surface area contributed by atoms with Crippen LogP contribution in [0.15, 0.2) is 12.7 Å². The lowest BCUT2D eigenvalue weighted by Gasteiger charge is -2.31. The molecule has 0 bridgehead atoms. The minimum atomic E-state index is -0.731. The van der Waals surface area contributed by atoms with E-state index in [1.54, 1.807) is 0 Å². The summed E-state index contributed by atoms with van der Waals surface area (Å²) in [7, 11) is 0. The van der Waals surface area contributed by atoms with Gasteiger partial charge in [-0.2, -0.15) is 0 Å². The molecule has 126 valence electrons. The van der Waals surface area contributed by atoms with Crippen LogP contribution in [-0.2, 0) is 28.6 Å². The van der Waals surface area contributed by atoms with Crippen LogP contribution in [-0.4, -0.2) is 37.7 Å². The third kappa shape index (κ3) is 9.15. The molecule has 0 saturated heterocycles. The Morgan fingerprint density at radius 3 is 1.86 bits per heavy atom. The Labute approximate surface area is 131 Å². The highest BCUT2D eigenvalue weighted by Gasteiger charge is 2.34. The van der Waals surface area contributed by atoms with Crippen LogP contribution < -0.4 is 0 Å². The minimum absolute atomic E-state index is 0.00211. The summed E-state index contributed by atoms with van der Waals surface area (Å²) in [6.07, 6.45) is 4.53. The number of ether oxygens (including phenoxy) is 3. The van der Waals surface area contributed by atoms with E-state index < -0.39 is 23.3 Å². The van der Waals surface area contributed by atoms with E-state index in [0.717, 1.165) is 25.3 Å². The van der Waals surface area contributed by atoms with Gasteiger partial charge in [-0.25, -0.2) is 4.79 Å². The van der Waals surface area contributed by atoms with Crippen LogP contribution in [0.2, 0.25) is 0 Å². The Hall–Kier alpha value is -1.85. The molecule has 0 aliphatic carbocycles. The summed E-state index contributed by atoms with van der Waals surface area (Å²) in [5.41, 5.74) is -0.731. The second-order valence-corrected chi connectivity index (χ2v) is 5.33. The van der Waals surface area contributed by atoms with Crippen molar-refractivity contribution in [3.8, 4) is 0 Å². The van der Waals surface area contributed by atoms with Gasteiger partial charge in [0.05, 0.1) is 5.41 Å². The normalized spacial score (nSPS) is 10.7. The maximum atomic E-state index is 11.3. The Balaban J connectivity index is 4.98. The average Bonchev–Trinajstić information content (AvgIpc) is 2.48. The Morgan fingerprint density at radius 2 is 1.45 bits per heavy atom. The maximum absolute atomic E-state index is 11.3. The van der Waals surface area contributed by atoms with E-state index in [0.29, 0.717) is 6.42 Å². The molecular formula is C16H26O6. The SMILES string of the molecule is C=CC(=O)OCC(CCCCC)(COC(C)=O)COC(C)=O. The summed E-state index contributed by atoms with van der Waals surface area (Å²) < 4.78 is 15.3. The van der Waals surface area contributed by atoms with Crippen LogP contribution in [0.25, 0.3) is 0 Å². The molecule has 0 radical (unpaired) electrons. The Morgan fingerprint density at radius 1 is 0.955 bits per heavy atom. The summed E-state index contributed by atoms with van der Waals surface area (Å²) in [6.45, 7) is 8.08. The lowest BCUT2D eigenvalue weighted by atomic mass is 9.84. The fraction of sp³-hybridized carbons (Fsp3) is 0.688. The average molecular weight is 314 g/mol. The monoisotopic (exact) mass is 314 g/mol. The summed E-state index contributed by atoms with van der Waals surface area (Å²) in [4.78, 5) is 33.5. The molecule has 0 rings (SSSR count). The largest absolute Gasteiger partial charge is 0.465 e. The molecule has 0 aromatic carbocycles. The third-order valence-electron chi connectivity index (χ3n) is 3.16. The van der Waals surface area contributed by atoms with Crippen LogP contribution in [0.1, 0.15) is 46.5 Å². The third-order valence-corrected chi connectivity index (χ3v) is 3.16. The number of esters is 3. The van der Waals surface area contributed by atoms with Gasteiger partial charge in [-0.15, -0.1) is 0 Å². The van der Waals surface area contributed by atoms with Gasteiger partial charge in [-0.1, -0.05) is 32.8 Å². The number of unbranched alkanes of at least 4 members (excludes halogenated alkanes) is 2.